The van der Waals surface area contributed by atoms with E-state index in [1.807, 2.05) is 29.2 Å². The highest BCUT2D eigenvalue weighted by molar-refractivity contribution is 5.98. The number of carbonyl (C=O) groups excluding carboxylic acids is 2. The van der Waals surface area contributed by atoms with Gasteiger partial charge in [-0.3, -0.25) is 9.59 Å². The molecule has 5 heteroatoms. The summed E-state index contributed by atoms with van der Waals surface area (Å²) in [4.78, 5) is 26.8. The molecule has 1 aliphatic rings. The number of aryl methyl sites for hydroxylation is 1. The van der Waals surface area contributed by atoms with E-state index in [0.717, 1.165) is 32.4 Å². The first-order chi connectivity index (χ1) is 13.1. The summed E-state index contributed by atoms with van der Waals surface area (Å²) >= 11 is 0. The van der Waals surface area contributed by atoms with E-state index < -0.39 is 6.10 Å². The molecule has 2 aromatic carbocycles. The maximum absolute atomic E-state index is 12.5. The lowest BCUT2D eigenvalue weighted by molar-refractivity contribution is -0.122. The molecule has 1 atom stereocenters. The van der Waals surface area contributed by atoms with Crippen molar-refractivity contribution in [2.75, 3.05) is 18.4 Å². The molecule has 1 heterocycles. The van der Waals surface area contributed by atoms with Gasteiger partial charge in [-0.15, -0.1) is 0 Å². The molecule has 0 aromatic heterocycles. The topological polar surface area (TPSA) is 58.6 Å². The molecule has 0 aliphatic carbocycles. The molecule has 0 spiro atoms. The van der Waals surface area contributed by atoms with Crippen LogP contribution in [0.5, 0.6) is 5.75 Å². The van der Waals surface area contributed by atoms with Crippen LogP contribution < -0.4 is 10.1 Å². The number of ether oxygens (including phenoxy) is 1. The van der Waals surface area contributed by atoms with Crippen LogP contribution in [0.2, 0.25) is 0 Å². The van der Waals surface area contributed by atoms with Crippen LogP contribution >= 0.6 is 0 Å². The number of amides is 2. The first kappa shape index (κ1) is 19.0. The van der Waals surface area contributed by atoms with Crippen molar-refractivity contribution in [1.82, 2.24) is 4.90 Å². The van der Waals surface area contributed by atoms with E-state index in [0.29, 0.717) is 17.0 Å². The normalized spacial score (nSPS) is 14.7. The molecule has 2 aromatic rings. The molecule has 0 bridgehead atoms. The van der Waals surface area contributed by atoms with Gasteiger partial charge in [0.05, 0.1) is 0 Å². The summed E-state index contributed by atoms with van der Waals surface area (Å²) in [5, 5.41) is 2.84. The molecule has 5 nitrogen and oxygen atoms in total. The summed E-state index contributed by atoms with van der Waals surface area (Å²) < 4.78 is 5.72. The fourth-order valence-electron chi connectivity index (χ4n) is 3.14. The molecule has 3 rings (SSSR count). The Kier molecular flexibility index (Phi) is 6.12. The summed E-state index contributed by atoms with van der Waals surface area (Å²) in [5.74, 6) is 0.428. The van der Waals surface area contributed by atoms with Crippen LogP contribution in [0, 0.1) is 0 Å². The number of nitrogens with zero attached hydrogens (tertiary/aromatic N) is 1. The van der Waals surface area contributed by atoms with Crippen LogP contribution in [0.3, 0.4) is 0 Å². The maximum atomic E-state index is 12.5. The van der Waals surface area contributed by atoms with Crippen molar-refractivity contribution in [3.05, 3.63) is 59.7 Å². The number of carbonyl (C=O) groups is 2. The SMILES string of the molecule is CCc1ccc(OC(C)C(=O)Nc2cccc(C(=O)N3CCCC3)c2)cc1. The highest BCUT2D eigenvalue weighted by atomic mass is 16.5. The Labute approximate surface area is 160 Å². The number of nitrogens with one attached hydrogen (secondary N) is 1. The lowest BCUT2D eigenvalue weighted by atomic mass is 10.1. The highest BCUT2D eigenvalue weighted by Gasteiger charge is 2.20. The minimum atomic E-state index is -0.643. The number of rotatable bonds is 6. The molecule has 1 aliphatic heterocycles. The smallest absolute Gasteiger partial charge is 0.265 e. The molecule has 27 heavy (non-hydrogen) atoms. The second-order valence-electron chi connectivity index (χ2n) is 6.83. The molecule has 1 N–H and O–H groups in total. The zero-order chi connectivity index (χ0) is 19.2. The zero-order valence-corrected chi connectivity index (χ0v) is 15.9. The van der Waals surface area contributed by atoms with Crippen LogP contribution in [-0.2, 0) is 11.2 Å². The van der Waals surface area contributed by atoms with Crippen LogP contribution in [0.1, 0.15) is 42.6 Å². The summed E-state index contributed by atoms with van der Waals surface area (Å²) in [6.07, 6.45) is 2.42. The van der Waals surface area contributed by atoms with E-state index in [9.17, 15) is 9.59 Å². The van der Waals surface area contributed by atoms with Crippen molar-refractivity contribution in [3.8, 4) is 5.75 Å². The van der Waals surface area contributed by atoms with Crippen molar-refractivity contribution in [3.63, 3.8) is 0 Å². The maximum Gasteiger partial charge on any atom is 0.265 e. The minimum Gasteiger partial charge on any atom is -0.481 e. The Hall–Kier alpha value is -2.82. The van der Waals surface area contributed by atoms with Crippen molar-refractivity contribution in [2.24, 2.45) is 0 Å². The number of benzene rings is 2. The van der Waals surface area contributed by atoms with Gasteiger partial charge in [0.15, 0.2) is 6.10 Å². The van der Waals surface area contributed by atoms with Crippen LogP contribution in [0.15, 0.2) is 48.5 Å². The third-order valence-electron chi connectivity index (χ3n) is 4.78. The van der Waals surface area contributed by atoms with E-state index in [1.54, 1.807) is 31.2 Å². The van der Waals surface area contributed by atoms with Gasteiger partial charge in [-0.25, -0.2) is 0 Å². The number of hydrogen-bond acceptors (Lipinski definition) is 3. The molecule has 1 fully saturated rings. The largest absolute Gasteiger partial charge is 0.481 e. The second-order valence-corrected chi connectivity index (χ2v) is 6.83. The average molecular weight is 366 g/mol. The van der Waals surface area contributed by atoms with Crippen molar-refractivity contribution >= 4 is 17.5 Å². The Morgan fingerprint density at radius 2 is 1.81 bits per heavy atom. The third-order valence-corrected chi connectivity index (χ3v) is 4.78. The summed E-state index contributed by atoms with van der Waals surface area (Å²) in [5.41, 5.74) is 2.42. The fourth-order valence-corrected chi connectivity index (χ4v) is 3.14. The molecule has 1 unspecified atom stereocenters. The number of anilines is 1. The predicted octanol–water partition coefficient (Wildman–Crippen LogP) is 3.89. The van der Waals surface area contributed by atoms with Crippen LogP contribution in [0.25, 0.3) is 0 Å². The van der Waals surface area contributed by atoms with Gasteiger partial charge in [0.25, 0.3) is 11.8 Å². The average Bonchev–Trinajstić information content (AvgIpc) is 3.23. The molecule has 0 saturated carbocycles. The van der Waals surface area contributed by atoms with Crippen molar-refractivity contribution < 1.29 is 14.3 Å². The lowest BCUT2D eigenvalue weighted by Crippen LogP contribution is -2.30. The van der Waals surface area contributed by atoms with Crippen LogP contribution in [0.4, 0.5) is 5.69 Å². The molecule has 1 saturated heterocycles. The van der Waals surface area contributed by atoms with E-state index in [-0.39, 0.29) is 11.8 Å². The Bertz CT molecular complexity index is 795. The minimum absolute atomic E-state index is 0.0175. The molecule has 2 amide bonds. The van der Waals surface area contributed by atoms with Gasteiger partial charge in [0, 0.05) is 24.3 Å². The van der Waals surface area contributed by atoms with Gasteiger partial charge in [0.1, 0.15) is 5.75 Å². The summed E-state index contributed by atoms with van der Waals surface area (Å²) in [7, 11) is 0. The zero-order valence-electron chi connectivity index (χ0n) is 15.9. The van der Waals surface area contributed by atoms with E-state index >= 15 is 0 Å². The Morgan fingerprint density at radius 1 is 1.11 bits per heavy atom. The molecule has 142 valence electrons. The van der Waals surface area contributed by atoms with Gasteiger partial charge in [-0.05, 0) is 62.1 Å². The van der Waals surface area contributed by atoms with Gasteiger partial charge in [-0.2, -0.15) is 0 Å². The highest BCUT2D eigenvalue weighted by Crippen LogP contribution is 2.18. The number of likely N-dealkylation sites (tertiary alicyclic amines) is 1. The van der Waals surface area contributed by atoms with Crippen molar-refractivity contribution in [1.29, 1.82) is 0 Å². The monoisotopic (exact) mass is 366 g/mol. The lowest BCUT2D eigenvalue weighted by Gasteiger charge is -2.17. The quantitative estimate of drug-likeness (QED) is 0.844. The van der Waals surface area contributed by atoms with E-state index in [2.05, 4.69) is 12.2 Å². The summed E-state index contributed by atoms with van der Waals surface area (Å²) in [6, 6.07) is 14.8. The van der Waals surface area contributed by atoms with Gasteiger partial charge in [0.2, 0.25) is 0 Å². The van der Waals surface area contributed by atoms with Gasteiger partial charge < -0.3 is 15.0 Å². The molecule has 0 radical (unpaired) electrons. The first-order valence-electron chi connectivity index (χ1n) is 9.52. The third kappa shape index (κ3) is 4.88. The molecular formula is C22H26N2O3. The Morgan fingerprint density at radius 3 is 2.48 bits per heavy atom. The second kappa shape index (κ2) is 8.71. The molecular weight excluding hydrogens is 340 g/mol. The van der Waals surface area contributed by atoms with E-state index in [4.69, 9.17) is 4.74 Å². The van der Waals surface area contributed by atoms with E-state index in [1.165, 1.54) is 5.56 Å². The van der Waals surface area contributed by atoms with Crippen LogP contribution in [-0.4, -0.2) is 35.9 Å². The standard InChI is InChI=1S/C22H26N2O3/c1-3-17-9-11-20(12-10-17)27-16(2)21(25)23-19-8-6-7-18(15-19)22(26)24-13-4-5-14-24/h6-12,15-16H,3-5,13-14H2,1-2H3,(H,23,25). The van der Waals surface area contributed by atoms with Gasteiger partial charge >= 0.3 is 0 Å². The summed E-state index contributed by atoms with van der Waals surface area (Å²) in [6.45, 7) is 5.41. The number of hydrogen-bond donors (Lipinski definition) is 1. The van der Waals surface area contributed by atoms with Crippen molar-refractivity contribution in [2.45, 2.75) is 39.2 Å². The Balaban J connectivity index is 1.60. The predicted molar refractivity (Wildman–Crippen MR) is 106 cm³/mol. The first-order valence-corrected chi connectivity index (χ1v) is 9.52. The fraction of sp³-hybridized carbons (Fsp3) is 0.364. The van der Waals surface area contributed by atoms with Gasteiger partial charge in [-0.1, -0.05) is 25.1 Å².